The number of piperidine rings is 1. The van der Waals surface area contributed by atoms with Crippen molar-refractivity contribution in [3.8, 4) is 0 Å². The minimum atomic E-state index is -2.70. The first-order valence-electron chi connectivity index (χ1n) is 4.15. The number of methoxy groups -OCH3 is 1. The Balaban J connectivity index is 2.58. The molecule has 0 saturated carbocycles. The average molecular weight is 193 g/mol. The van der Waals surface area contributed by atoms with Gasteiger partial charge in [0.25, 0.3) is 5.92 Å². The van der Waals surface area contributed by atoms with Gasteiger partial charge in [0.2, 0.25) is 0 Å². The van der Waals surface area contributed by atoms with E-state index < -0.39 is 30.4 Å². The van der Waals surface area contributed by atoms with E-state index in [0.29, 0.717) is 0 Å². The van der Waals surface area contributed by atoms with E-state index in [2.05, 4.69) is 10.1 Å². The summed E-state index contributed by atoms with van der Waals surface area (Å²) in [6, 6.07) is -0.593. The fourth-order valence-corrected chi connectivity index (χ4v) is 1.56. The van der Waals surface area contributed by atoms with Gasteiger partial charge in [0, 0.05) is 6.42 Å². The fourth-order valence-electron chi connectivity index (χ4n) is 1.56. The standard InChI is InChI=1S/C8H13F2NO2/c1-5-3-8(9,10)4-11-6(5)7(12)13-2/h5-6,11H,3-4H2,1-2H3. The van der Waals surface area contributed by atoms with Crippen LogP contribution >= 0.6 is 0 Å². The summed E-state index contributed by atoms with van der Waals surface area (Å²) in [7, 11) is 1.25. The third-order valence-corrected chi connectivity index (χ3v) is 2.23. The maximum atomic E-state index is 12.8. The second-order valence-electron chi connectivity index (χ2n) is 3.42. The van der Waals surface area contributed by atoms with E-state index in [-0.39, 0.29) is 6.42 Å². The van der Waals surface area contributed by atoms with Gasteiger partial charge in [-0.25, -0.2) is 8.78 Å². The Hall–Kier alpha value is -0.710. The molecule has 0 spiro atoms. The summed E-state index contributed by atoms with van der Waals surface area (Å²) >= 11 is 0. The van der Waals surface area contributed by atoms with E-state index in [4.69, 9.17) is 0 Å². The van der Waals surface area contributed by atoms with Crippen molar-refractivity contribution in [2.45, 2.75) is 25.3 Å². The van der Waals surface area contributed by atoms with Gasteiger partial charge in [-0.05, 0) is 5.92 Å². The quantitative estimate of drug-likeness (QED) is 0.626. The molecule has 1 heterocycles. The lowest BCUT2D eigenvalue weighted by Crippen LogP contribution is -2.53. The largest absolute Gasteiger partial charge is 0.468 e. The van der Waals surface area contributed by atoms with Gasteiger partial charge in [-0.2, -0.15) is 0 Å². The SMILES string of the molecule is COC(=O)C1NCC(F)(F)CC1C. The van der Waals surface area contributed by atoms with Gasteiger partial charge in [-0.3, -0.25) is 10.1 Å². The summed E-state index contributed by atoms with van der Waals surface area (Å²) in [6.45, 7) is 1.17. The zero-order valence-electron chi connectivity index (χ0n) is 7.64. The van der Waals surface area contributed by atoms with Crippen LogP contribution < -0.4 is 5.32 Å². The van der Waals surface area contributed by atoms with Crippen molar-refractivity contribution in [2.24, 2.45) is 5.92 Å². The van der Waals surface area contributed by atoms with E-state index in [1.165, 1.54) is 7.11 Å². The summed E-state index contributed by atoms with van der Waals surface area (Å²) in [6.07, 6.45) is -0.264. The van der Waals surface area contributed by atoms with E-state index in [1.807, 2.05) is 0 Å². The van der Waals surface area contributed by atoms with Gasteiger partial charge in [0.1, 0.15) is 6.04 Å². The monoisotopic (exact) mass is 193 g/mol. The lowest BCUT2D eigenvalue weighted by atomic mass is 9.90. The van der Waals surface area contributed by atoms with Crippen molar-refractivity contribution in [2.75, 3.05) is 13.7 Å². The average Bonchev–Trinajstić information content (AvgIpc) is 2.01. The number of rotatable bonds is 1. The predicted octanol–water partition coefficient (Wildman–Crippen LogP) is 0.793. The second kappa shape index (κ2) is 3.57. The summed E-state index contributed by atoms with van der Waals surface area (Å²) < 4.78 is 30.0. The first-order valence-corrected chi connectivity index (χ1v) is 4.15. The molecule has 13 heavy (non-hydrogen) atoms. The molecular formula is C8H13F2NO2. The second-order valence-corrected chi connectivity index (χ2v) is 3.42. The Morgan fingerprint density at radius 1 is 1.62 bits per heavy atom. The Morgan fingerprint density at radius 3 is 2.69 bits per heavy atom. The molecule has 2 atom stereocenters. The van der Waals surface area contributed by atoms with Crippen LogP contribution in [0.3, 0.4) is 0 Å². The van der Waals surface area contributed by atoms with Crippen LogP contribution in [-0.4, -0.2) is 31.6 Å². The molecule has 1 N–H and O–H groups in total. The van der Waals surface area contributed by atoms with Crippen molar-refractivity contribution in [1.29, 1.82) is 0 Å². The number of hydrogen-bond acceptors (Lipinski definition) is 3. The van der Waals surface area contributed by atoms with Crippen LogP contribution in [-0.2, 0) is 9.53 Å². The Kier molecular flexibility index (Phi) is 2.85. The van der Waals surface area contributed by atoms with Crippen LogP contribution in [0.1, 0.15) is 13.3 Å². The van der Waals surface area contributed by atoms with E-state index >= 15 is 0 Å². The molecule has 0 radical (unpaired) electrons. The smallest absolute Gasteiger partial charge is 0.323 e. The van der Waals surface area contributed by atoms with E-state index in [9.17, 15) is 13.6 Å². The highest BCUT2D eigenvalue weighted by Crippen LogP contribution is 2.29. The molecule has 5 heteroatoms. The summed E-state index contributed by atoms with van der Waals surface area (Å²) in [4.78, 5) is 11.1. The summed E-state index contributed by atoms with van der Waals surface area (Å²) in [5, 5.41) is 2.49. The lowest BCUT2D eigenvalue weighted by molar-refractivity contribution is -0.148. The molecule has 1 aliphatic rings. The normalized spacial score (nSPS) is 32.6. The van der Waals surface area contributed by atoms with Crippen molar-refractivity contribution in [1.82, 2.24) is 5.32 Å². The number of carbonyl (C=O) groups is 1. The summed E-state index contributed by atoms with van der Waals surface area (Å²) in [5.74, 6) is -3.57. The van der Waals surface area contributed by atoms with Crippen molar-refractivity contribution >= 4 is 5.97 Å². The molecule has 0 aromatic heterocycles. The summed E-state index contributed by atoms with van der Waals surface area (Å²) in [5.41, 5.74) is 0. The zero-order chi connectivity index (χ0) is 10.1. The van der Waals surface area contributed by atoms with Crippen LogP contribution in [0.25, 0.3) is 0 Å². The van der Waals surface area contributed by atoms with E-state index in [1.54, 1.807) is 6.92 Å². The van der Waals surface area contributed by atoms with Crippen LogP contribution in [0.15, 0.2) is 0 Å². The van der Waals surface area contributed by atoms with Gasteiger partial charge in [0.15, 0.2) is 0 Å². The molecule has 76 valence electrons. The molecular weight excluding hydrogens is 180 g/mol. The fraction of sp³-hybridized carbons (Fsp3) is 0.875. The molecule has 0 amide bonds. The van der Waals surface area contributed by atoms with Gasteiger partial charge in [-0.1, -0.05) is 6.92 Å². The van der Waals surface area contributed by atoms with Crippen LogP contribution in [0, 0.1) is 5.92 Å². The van der Waals surface area contributed by atoms with Crippen LogP contribution in [0.5, 0.6) is 0 Å². The number of hydrogen-bond donors (Lipinski definition) is 1. The van der Waals surface area contributed by atoms with Crippen LogP contribution in [0.4, 0.5) is 8.78 Å². The maximum absolute atomic E-state index is 12.8. The molecule has 1 aliphatic heterocycles. The van der Waals surface area contributed by atoms with Gasteiger partial charge in [-0.15, -0.1) is 0 Å². The van der Waals surface area contributed by atoms with Crippen molar-refractivity contribution < 1.29 is 18.3 Å². The number of ether oxygens (including phenoxy) is 1. The molecule has 0 bridgehead atoms. The third kappa shape index (κ3) is 2.37. The zero-order valence-corrected chi connectivity index (χ0v) is 7.64. The molecule has 1 fully saturated rings. The molecule has 3 nitrogen and oxygen atoms in total. The molecule has 0 aromatic carbocycles. The highest BCUT2D eigenvalue weighted by molar-refractivity contribution is 5.76. The molecule has 0 aromatic rings. The first-order chi connectivity index (χ1) is 5.96. The lowest BCUT2D eigenvalue weighted by Gasteiger charge is -2.33. The number of alkyl halides is 2. The van der Waals surface area contributed by atoms with Gasteiger partial charge < -0.3 is 4.74 Å². The molecule has 2 unspecified atom stereocenters. The first kappa shape index (κ1) is 10.4. The maximum Gasteiger partial charge on any atom is 0.323 e. The van der Waals surface area contributed by atoms with Crippen molar-refractivity contribution in [3.05, 3.63) is 0 Å². The Morgan fingerprint density at radius 2 is 2.23 bits per heavy atom. The minimum Gasteiger partial charge on any atom is -0.468 e. The number of nitrogens with one attached hydrogen (secondary N) is 1. The molecule has 1 rings (SSSR count). The predicted molar refractivity (Wildman–Crippen MR) is 42.5 cm³/mol. The number of carbonyl (C=O) groups excluding carboxylic acids is 1. The van der Waals surface area contributed by atoms with Crippen LogP contribution in [0.2, 0.25) is 0 Å². The minimum absolute atomic E-state index is 0.264. The van der Waals surface area contributed by atoms with Gasteiger partial charge in [0.05, 0.1) is 13.7 Å². The molecule has 1 saturated heterocycles. The number of esters is 1. The molecule has 0 aliphatic carbocycles. The highest BCUT2D eigenvalue weighted by Gasteiger charge is 2.42. The third-order valence-electron chi connectivity index (χ3n) is 2.23. The Labute approximate surface area is 75.4 Å². The Bertz CT molecular complexity index is 208. The van der Waals surface area contributed by atoms with Gasteiger partial charge >= 0.3 is 5.97 Å². The van der Waals surface area contributed by atoms with E-state index in [0.717, 1.165) is 0 Å². The number of halogens is 2. The highest BCUT2D eigenvalue weighted by atomic mass is 19.3. The van der Waals surface area contributed by atoms with Crippen molar-refractivity contribution in [3.63, 3.8) is 0 Å². The topological polar surface area (TPSA) is 38.3 Å².